The Labute approximate surface area is 227 Å². The molecule has 6 heteroatoms. The van der Waals surface area contributed by atoms with E-state index in [1.54, 1.807) is 6.92 Å². The highest BCUT2D eigenvalue weighted by atomic mass is 16.6. The van der Waals surface area contributed by atoms with Gasteiger partial charge in [0, 0.05) is 36.0 Å². The van der Waals surface area contributed by atoms with Crippen LogP contribution >= 0.6 is 0 Å². The summed E-state index contributed by atoms with van der Waals surface area (Å²) in [4.78, 5) is 25.3. The van der Waals surface area contributed by atoms with E-state index in [0.717, 1.165) is 95.2 Å². The van der Waals surface area contributed by atoms with Crippen molar-refractivity contribution in [3.63, 3.8) is 0 Å². The molecule has 38 heavy (non-hydrogen) atoms. The first kappa shape index (κ1) is 27.2. The molecule has 0 spiro atoms. The molecule has 1 saturated heterocycles. The molecular formula is C32H44O6. The molecule has 208 valence electrons. The van der Waals surface area contributed by atoms with Gasteiger partial charge < -0.3 is 18.6 Å². The van der Waals surface area contributed by atoms with Gasteiger partial charge in [-0.15, -0.1) is 0 Å². The van der Waals surface area contributed by atoms with Crippen molar-refractivity contribution >= 4 is 11.9 Å². The van der Waals surface area contributed by atoms with Crippen LogP contribution in [0.4, 0.5) is 0 Å². The maximum absolute atomic E-state index is 12.7. The van der Waals surface area contributed by atoms with E-state index in [9.17, 15) is 9.59 Å². The van der Waals surface area contributed by atoms with E-state index in [-0.39, 0.29) is 29.9 Å². The molecule has 5 rings (SSSR count). The van der Waals surface area contributed by atoms with Gasteiger partial charge in [-0.05, 0) is 89.7 Å². The normalized spacial score (nSPS) is 29.0. The lowest BCUT2D eigenvalue weighted by Crippen LogP contribution is -2.56. The third-order valence-corrected chi connectivity index (χ3v) is 9.72. The summed E-state index contributed by atoms with van der Waals surface area (Å²) in [6.07, 6.45) is 15.2. The van der Waals surface area contributed by atoms with Gasteiger partial charge in [-0.25, -0.2) is 9.59 Å². The van der Waals surface area contributed by atoms with Crippen molar-refractivity contribution in [1.82, 2.24) is 0 Å². The van der Waals surface area contributed by atoms with Gasteiger partial charge in [0.25, 0.3) is 0 Å². The Morgan fingerprint density at radius 2 is 1.76 bits per heavy atom. The zero-order valence-corrected chi connectivity index (χ0v) is 23.0. The fraction of sp³-hybridized carbons (Fsp3) is 0.688. The van der Waals surface area contributed by atoms with Gasteiger partial charge in [-0.2, -0.15) is 0 Å². The molecule has 3 aliphatic carbocycles. The largest absolute Gasteiger partial charge is 0.462 e. The molecule has 4 aliphatic rings. The van der Waals surface area contributed by atoms with Crippen LogP contribution in [0, 0.1) is 11.8 Å². The average molecular weight is 525 g/mol. The third kappa shape index (κ3) is 5.13. The highest BCUT2D eigenvalue weighted by Gasteiger charge is 2.57. The third-order valence-electron chi connectivity index (χ3n) is 9.72. The highest BCUT2D eigenvalue weighted by Crippen LogP contribution is 2.54. The Balaban J connectivity index is 1.40. The lowest BCUT2D eigenvalue weighted by atomic mass is 9.70. The predicted octanol–water partition coefficient (Wildman–Crippen LogP) is 7.28. The highest BCUT2D eigenvalue weighted by molar-refractivity contribution is 5.87. The van der Waals surface area contributed by atoms with Crippen LogP contribution in [0.2, 0.25) is 0 Å². The number of hydrogen-bond donors (Lipinski definition) is 0. The Kier molecular flexibility index (Phi) is 8.18. The summed E-state index contributed by atoms with van der Waals surface area (Å²) in [5.74, 6) is 1.77. The molecule has 3 saturated carbocycles. The van der Waals surface area contributed by atoms with Gasteiger partial charge in [-0.1, -0.05) is 32.4 Å². The summed E-state index contributed by atoms with van der Waals surface area (Å²) in [5, 5.41) is 0. The van der Waals surface area contributed by atoms with Crippen LogP contribution in [-0.2, 0) is 29.4 Å². The summed E-state index contributed by atoms with van der Waals surface area (Å²) in [5.41, 5.74) is -0.911. The first-order chi connectivity index (χ1) is 18.4. The fourth-order valence-electron chi connectivity index (χ4n) is 7.87. The number of esters is 2. The van der Waals surface area contributed by atoms with E-state index < -0.39 is 11.2 Å². The topological polar surface area (TPSA) is 75.0 Å². The lowest BCUT2D eigenvalue weighted by molar-refractivity contribution is -0.197. The van der Waals surface area contributed by atoms with Crippen molar-refractivity contribution in [2.45, 2.75) is 120 Å². The van der Waals surface area contributed by atoms with E-state index in [1.807, 2.05) is 6.07 Å². The SMILES string of the molecule is C=CC(=O)OC(C1CCCC1)(C1CCC(c2ccc(C3(OC(=O)C(=C)C)CCCCC3)o2)C1)C1CCCO1. The van der Waals surface area contributed by atoms with Gasteiger partial charge in [0.2, 0.25) is 0 Å². The molecule has 4 unspecified atom stereocenters. The molecule has 6 nitrogen and oxygen atoms in total. The van der Waals surface area contributed by atoms with Gasteiger partial charge in [0.1, 0.15) is 17.1 Å². The Morgan fingerprint density at radius 3 is 2.42 bits per heavy atom. The number of rotatable bonds is 9. The predicted molar refractivity (Wildman–Crippen MR) is 144 cm³/mol. The van der Waals surface area contributed by atoms with Crippen LogP contribution in [-0.4, -0.2) is 30.3 Å². The Morgan fingerprint density at radius 1 is 1.00 bits per heavy atom. The van der Waals surface area contributed by atoms with Crippen LogP contribution in [0.1, 0.15) is 114 Å². The van der Waals surface area contributed by atoms with Gasteiger partial charge in [0.15, 0.2) is 5.60 Å². The average Bonchev–Trinajstić information content (AvgIpc) is 3.74. The summed E-state index contributed by atoms with van der Waals surface area (Å²) in [7, 11) is 0. The number of hydrogen-bond acceptors (Lipinski definition) is 6. The van der Waals surface area contributed by atoms with Crippen molar-refractivity contribution in [2.24, 2.45) is 11.8 Å². The quantitative estimate of drug-likeness (QED) is 0.250. The summed E-state index contributed by atoms with van der Waals surface area (Å²) in [6, 6.07) is 4.09. The number of carbonyl (C=O) groups is 2. The summed E-state index contributed by atoms with van der Waals surface area (Å²) in [6.45, 7) is 9.90. The molecular weight excluding hydrogens is 480 g/mol. The molecule has 0 radical (unpaired) electrons. The monoisotopic (exact) mass is 524 g/mol. The molecule has 4 atom stereocenters. The minimum Gasteiger partial charge on any atom is -0.462 e. The number of ether oxygens (including phenoxy) is 3. The van der Waals surface area contributed by atoms with Crippen LogP contribution in [0.15, 0.2) is 41.4 Å². The van der Waals surface area contributed by atoms with Crippen LogP contribution < -0.4 is 0 Å². The molecule has 1 aromatic rings. The van der Waals surface area contributed by atoms with Gasteiger partial charge >= 0.3 is 11.9 Å². The van der Waals surface area contributed by atoms with E-state index >= 15 is 0 Å². The number of carbonyl (C=O) groups excluding carboxylic acids is 2. The zero-order chi connectivity index (χ0) is 26.8. The minimum absolute atomic E-state index is 0.0579. The van der Waals surface area contributed by atoms with E-state index in [0.29, 0.717) is 11.5 Å². The first-order valence-corrected chi connectivity index (χ1v) is 14.8. The fourth-order valence-corrected chi connectivity index (χ4v) is 7.87. The van der Waals surface area contributed by atoms with Crippen molar-refractivity contribution in [2.75, 3.05) is 6.61 Å². The zero-order valence-electron chi connectivity index (χ0n) is 23.0. The maximum Gasteiger partial charge on any atom is 0.334 e. The first-order valence-electron chi connectivity index (χ1n) is 14.8. The molecule has 1 aliphatic heterocycles. The smallest absolute Gasteiger partial charge is 0.334 e. The van der Waals surface area contributed by atoms with E-state index in [4.69, 9.17) is 18.6 Å². The Hall–Kier alpha value is -2.34. The molecule has 1 aromatic heterocycles. The van der Waals surface area contributed by atoms with Gasteiger partial charge in [0.05, 0.1) is 6.10 Å². The maximum atomic E-state index is 12.7. The molecule has 0 bridgehead atoms. The molecule has 0 amide bonds. The summed E-state index contributed by atoms with van der Waals surface area (Å²) < 4.78 is 25.3. The molecule has 0 N–H and O–H groups in total. The standard InChI is InChI=1S/C32H44O6/c1-4-29(33)37-32(24-11-6-7-12-24,28-13-10-20-35-28)25-15-14-23(21-25)26-16-17-27(36-26)31(18-8-5-9-19-31)38-30(34)22(2)3/h4,16-17,23-25,28H,1-2,5-15,18-21H2,3H3. The minimum atomic E-state index is -0.713. The molecule has 0 aromatic carbocycles. The Bertz CT molecular complexity index is 1000. The van der Waals surface area contributed by atoms with Crippen molar-refractivity contribution < 1.29 is 28.2 Å². The van der Waals surface area contributed by atoms with Crippen molar-refractivity contribution in [3.8, 4) is 0 Å². The van der Waals surface area contributed by atoms with Gasteiger partial charge in [-0.3, -0.25) is 0 Å². The molecule has 2 heterocycles. The second-order valence-electron chi connectivity index (χ2n) is 12.1. The lowest BCUT2D eigenvalue weighted by Gasteiger charge is -2.46. The van der Waals surface area contributed by atoms with Crippen LogP contribution in [0.3, 0.4) is 0 Å². The molecule has 4 fully saturated rings. The van der Waals surface area contributed by atoms with Crippen LogP contribution in [0.5, 0.6) is 0 Å². The summed E-state index contributed by atoms with van der Waals surface area (Å²) >= 11 is 0. The van der Waals surface area contributed by atoms with Crippen molar-refractivity contribution in [1.29, 1.82) is 0 Å². The van der Waals surface area contributed by atoms with E-state index in [2.05, 4.69) is 19.2 Å². The van der Waals surface area contributed by atoms with Crippen LogP contribution in [0.25, 0.3) is 0 Å². The van der Waals surface area contributed by atoms with Crippen molar-refractivity contribution in [3.05, 3.63) is 48.5 Å². The van der Waals surface area contributed by atoms with E-state index in [1.165, 1.54) is 18.9 Å². The second-order valence-corrected chi connectivity index (χ2v) is 12.1. The number of furan rings is 1. The second kappa shape index (κ2) is 11.4.